The number of carboxylic acids is 1. The van der Waals surface area contributed by atoms with Crippen molar-refractivity contribution >= 4 is 27.8 Å². The summed E-state index contributed by atoms with van der Waals surface area (Å²) in [6, 6.07) is 3.03. The zero-order valence-electron chi connectivity index (χ0n) is 12.9. The Balaban J connectivity index is 1.91. The maximum absolute atomic E-state index is 14.1. The van der Waals surface area contributed by atoms with E-state index in [9.17, 15) is 14.0 Å². The van der Waals surface area contributed by atoms with E-state index in [0.29, 0.717) is 24.1 Å². The molecule has 2 aromatic rings. The summed E-state index contributed by atoms with van der Waals surface area (Å²) >= 11 is 3.41. The summed E-state index contributed by atoms with van der Waals surface area (Å²) in [5.41, 5.74) is 2.20. The molecule has 1 aliphatic heterocycles. The van der Waals surface area contributed by atoms with Crippen LogP contribution in [0.5, 0.6) is 0 Å². The van der Waals surface area contributed by atoms with Gasteiger partial charge in [0.05, 0.1) is 11.8 Å². The molecule has 5 nitrogen and oxygen atoms in total. The van der Waals surface area contributed by atoms with Gasteiger partial charge in [-0.05, 0) is 31.0 Å². The molecule has 0 radical (unpaired) electrons. The molecule has 1 N–H and O–H groups in total. The Morgan fingerprint density at radius 1 is 1.38 bits per heavy atom. The van der Waals surface area contributed by atoms with Gasteiger partial charge in [-0.25, -0.2) is 4.39 Å². The summed E-state index contributed by atoms with van der Waals surface area (Å²) in [7, 11) is 0. The van der Waals surface area contributed by atoms with Crippen LogP contribution in [0, 0.1) is 12.7 Å². The topological polar surface area (TPSA) is 70.7 Å². The highest BCUT2D eigenvalue weighted by molar-refractivity contribution is 9.10. The average Bonchev–Trinajstić information content (AvgIpc) is 2.90. The van der Waals surface area contributed by atoms with Gasteiger partial charge in [0.1, 0.15) is 18.0 Å². The quantitative estimate of drug-likeness (QED) is 0.864. The van der Waals surface area contributed by atoms with Crippen LogP contribution in [0.2, 0.25) is 0 Å². The van der Waals surface area contributed by atoms with E-state index in [2.05, 4.69) is 15.9 Å². The summed E-state index contributed by atoms with van der Waals surface area (Å²) in [6.45, 7) is 2.28. The standard InChI is InChI=1S/C17H15BrFNO4/c1-9-8-24-14(6-15(21)22)16(9)17(23)20-5-4-10-11(7-20)13(19)3-2-12(10)18/h2-3,8H,4-7H2,1H3,(H,21,22). The van der Waals surface area contributed by atoms with E-state index in [1.165, 1.54) is 17.2 Å². The second-order valence-electron chi connectivity index (χ2n) is 5.75. The Labute approximate surface area is 146 Å². The van der Waals surface area contributed by atoms with Crippen LogP contribution in [0.3, 0.4) is 0 Å². The number of benzene rings is 1. The van der Waals surface area contributed by atoms with Crippen LogP contribution in [0.15, 0.2) is 27.3 Å². The largest absolute Gasteiger partial charge is 0.481 e. The van der Waals surface area contributed by atoms with Crippen molar-refractivity contribution in [2.75, 3.05) is 6.54 Å². The SMILES string of the molecule is Cc1coc(CC(=O)O)c1C(=O)N1CCc2c(Br)ccc(F)c2C1. The van der Waals surface area contributed by atoms with Crippen molar-refractivity contribution in [1.29, 1.82) is 0 Å². The maximum atomic E-state index is 14.1. The predicted molar refractivity (Wildman–Crippen MR) is 87.3 cm³/mol. The van der Waals surface area contributed by atoms with E-state index in [0.717, 1.165) is 10.0 Å². The number of carboxylic acid groups (broad SMARTS) is 1. The summed E-state index contributed by atoms with van der Waals surface area (Å²) in [5.74, 6) is -1.62. The number of fused-ring (bicyclic) bond motifs is 1. The Kier molecular flexibility index (Phi) is 4.45. The molecule has 7 heteroatoms. The average molecular weight is 396 g/mol. The molecular formula is C17H15BrFNO4. The highest BCUT2D eigenvalue weighted by Gasteiger charge is 2.29. The number of amides is 1. The van der Waals surface area contributed by atoms with Crippen molar-refractivity contribution in [3.63, 3.8) is 0 Å². The molecule has 0 atom stereocenters. The van der Waals surface area contributed by atoms with Crippen LogP contribution in [-0.2, 0) is 24.2 Å². The van der Waals surface area contributed by atoms with Crippen molar-refractivity contribution < 1.29 is 23.5 Å². The summed E-state index contributed by atoms with van der Waals surface area (Å²) in [6.07, 6.45) is 1.55. The Bertz CT molecular complexity index is 830. The van der Waals surface area contributed by atoms with E-state index in [1.54, 1.807) is 13.0 Å². The molecule has 3 rings (SSSR count). The summed E-state index contributed by atoms with van der Waals surface area (Å²) in [5, 5.41) is 8.95. The van der Waals surface area contributed by atoms with Gasteiger partial charge >= 0.3 is 5.97 Å². The van der Waals surface area contributed by atoms with Gasteiger partial charge in [0.2, 0.25) is 0 Å². The normalized spacial score (nSPS) is 13.7. The molecular weight excluding hydrogens is 381 g/mol. The van der Waals surface area contributed by atoms with Crippen molar-refractivity contribution in [3.8, 4) is 0 Å². The fourth-order valence-electron chi connectivity index (χ4n) is 2.98. The summed E-state index contributed by atoms with van der Waals surface area (Å²) in [4.78, 5) is 25.3. The van der Waals surface area contributed by atoms with Gasteiger partial charge in [-0.3, -0.25) is 9.59 Å². The van der Waals surface area contributed by atoms with E-state index < -0.39 is 5.97 Å². The molecule has 0 saturated carbocycles. The van der Waals surface area contributed by atoms with E-state index in [4.69, 9.17) is 9.52 Å². The number of hydrogen-bond donors (Lipinski definition) is 1. The molecule has 1 aliphatic rings. The van der Waals surface area contributed by atoms with Gasteiger partial charge in [-0.1, -0.05) is 15.9 Å². The first-order chi connectivity index (χ1) is 11.4. The zero-order valence-corrected chi connectivity index (χ0v) is 14.5. The molecule has 24 heavy (non-hydrogen) atoms. The number of carbonyl (C=O) groups excluding carboxylic acids is 1. The number of halogens is 2. The number of hydrogen-bond acceptors (Lipinski definition) is 3. The van der Waals surface area contributed by atoms with Crippen LogP contribution in [0.25, 0.3) is 0 Å². The molecule has 0 unspecified atom stereocenters. The Hall–Kier alpha value is -2.15. The molecule has 0 fully saturated rings. The smallest absolute Gasteiger partial charge is 0.311 e. The monoisotopic (exact) mass is 395 g/mol. The molecule has 0 aliphatic carbocycles. The fraction of sp³-hybridized carbons (Fsp3) is 0.294. The minimum Gasteiger partial charge on any atom is -0.481 e. The second kappa shape index (κ2) is 6.39. The first-order valence-corrected chi connectivity index (χ1v) is 8.21. The van der Waals surface area contributed by atoms with Crippen LogP contribution in [0.1, 0.15) is 32.8 Å². The third-order valence-electron chi connectivity index (χ3n) is 4.16. The lowest BCUT2D eigenvalue weighted by Gasteiger charge is -2.30. The number of aliphatic carboxylic acids is 1. The molecule has 0 saturated heterocycles. The third-order valence-corrected chi connectivity index (χ3v) is 4.90. The molecule has 1 aromatic carbocycles. The lowest BCUT2D eigenvalue weighted by atomic mass is 9.98. The minimum atomic E-state index is -1.07. The lowest BCUT2D eigenvalue weighted by Crippen LogP contribution is -2.37. The zero-order chi connectivity index (χ0) is 17.4. The highest BCUT2D eigenvalue weighted by Crippen LogP contribution is 2.30. The first kappa shape index (κ1) is 16.7. The van der Waals surface area contributed by atoms with Crippen LogP contribution < -0.4 is 0 Å². The van der Waals surface area contributed by atoms with Crippen molar-refractivity contribution in [2.45, 2.75) is 26.3 Å². The third kappa shape index (κ3) is 2.96. The van der Waals surface area contributed by atoms with Gasteiger partial charge in [-0.2, -0.15) is 0 Å². The van der Waals surface area contributed by atoms with E-state index >= 15 is 0 Å². The van der Waals surface area contributed by atoms with Gasteiger partial charge in [-0.15, -0.1) is 0 Å². The van der Waals surface area contributed by atoms with Crippen LogP contribution in [-0.4, -0.2) is 28.4 Å². The second-order valence-corrected chi connectivity index (χ2v) is 6.60. The van der Waals surface area contributed by atoms with Crippen molar-refractivity contribution in [3.05, 3.63) is 56.7 Å². The number of rotatable bonds is 3. The van der Waals surface area contributed by atoms with Crippen molar-refractivity contribution in [2.24, 2.45) is 0 Å². The number of carbonyl (C=O) groups is 2. The van der Waals surface area contributed by atoms with E-state index in [-0.39, 0.29) is 36.0 Å². The fourth-order valence-corrected chi connectivity index (χ4v) is 3.55. The number of aryl methyl sites for hydroxylation is 1. The Morgan fingerprint density at radius 2 is 2.12 bits per heavy atom. The van der Waals surface area contributed by atoms with Gasteiger partial charge in [0, 0.05) is 28.7 Å². The lowest BCUT2D eigenvalue weighted by molar-refractivity contribution is -0.136. The highest BCUT2D eigenvalue weighted by atomic mass is 79.9. The maximum Gasteiger partial charge on any atom is 0.311 e. The molecule has 1 aromatic heterocycles. The molecule has 0 spiro atoms. The minimum absolute atomic E-state index is 0.130. The van der Waals surface area contributed by atoms with Gasteiger partial charge in [0.15, 0.2) is 0 Å². The molecule has 2 heterocycles. The van der Waals surface area contributed by atoms with E-state index in [1.807, 2.05) is 0 Å². The molecule has 0 bridgehead atoms. The van der Waals surface area contributed by atoms with Crippen LogP contribution in [0.4, 0.5) is 4.39 Å². The Morgan fingerprint density at radius 3 is 2.83 bits per heavy atom. The molecule has 1 amide bonds. The van der Waals surface area contributed by atoms with Crippen LogP contribution >= 0.6 is 15.9 Å². The first-order valence-electron chi connectivity index (χ1n) is 7.42. The van der Waals surface area contributed by atoms with Gasteiger partial charge < -0.3 is 14.4 Å². The predicted octanol–water partition coefficient (Wildman–Crippen LogP) is 3.32. The summed E-state index contributed by atoms with van der Waals surface area (Å²) < 4.78 is 20.2. The van der Waals surface area contributed by atoms with Crippen molar-refractivity contribution in [1.82, 2.24) is 4.90 Å². The molecule has 126 valence electrons. The number of nitrogens with zero attached hydrogens (tertiary/aromatic N) is 1. The van der Waals surface area contributed by atoms with Gasteiger partial charge in [0.25, 0.3) is 5.91 Å². The number of furan rings is 1.